The summed E-state index contributed by atoms with van der Waals surface area (Å²) in [7, 11) is 0. The number of rotatable bonds is 0. The fourth-order valence-corrected chi connectivity index (χ4v) is 2.74. The zero-order valence-corrected chi connectivity index (χ0v) is 10.2. The summed E-state index contributed by atoms with van der Waals surface area (Å²) in [6.07, 6.45) is 1.80. The van der Waals surface area contributed by atoms with Crippen LogP contribution in [0.3, 0.4) is 0 Å². The van der Waals surface area contributed by atoms with Gasteiger partial charge in [-0.1, -0.05) is 42.5 Å². The van der Waals surface area contributed by atoms with E-state index in [1.54, 1.807) is 12.3 Å². The van der Waals surface area contributed by atoms with Crippen molar-refractivity contribution in [2.75, 3.05) is 0 Å². The molecule has 1 N–H and O–H groups in total. The van der Waals surface area contributed by atoms with Crippen molar-refractivity contribution in [2.45, 2.75) is 0 Å². The molecule has 0 saturated carbocycles. The molecule has 0 bridgehead atoms. The highest BCUT2D eigenvalue weighted by molar-refractivity contribution is 6.13. The van der Waals surface area contributed by atoms with Crippen molar-refractivity contribution in [3.8, 4) is 11.1 Å². The first-order valence-corrected chi connectivity index (χ1v) is 6.26. The Labute approximate surface area is 109 Å². The number of nitrogens with one attached hydrogen (secondary N) is 1. The lowest BCUT2D eigenvalue weighted by Gasteiger charge is -2.11. The van der Waals surface area contributed by atoms with Crippen LogP contribution in [-0.4, -0.2) is 4.98 Å². The molecule has 0 unspecified atom stereocenters. The maximum absolute atomic E-state index is 11.9. The van der Waals surface area contributed by atoms with Crippen LogP contribution in [0.2, 0.25) is 0 Å². The average molecular weight is 245 g/mol. The Balaban J connectivity index is 2.35. The van der Waals surface area contributed by atoms with E-state index < -0.39 is 0 Å². The van der Waals surface area contributed by atoms with Gasteiger partial charge in [-0.05, 0) is 28.5 Å². The molecule has 0 radical (unpaired) electrons. The summed E-state index contributed by atoms with van der Waals surface area (Å²) in [5.41, 5.74) is 2.87. The van der Waals surface area contributed by atoms with Crippen molar-refractivity contribution in [1.82, 2.24) is 4.98 Å². The molecule has 0 spiro atoms. The molecule has 1 aliphatic heterocycles. The van der Waals surface area contributed by atoms with Crippen LogP contribution in [0.5, 0.6) is 0 Å². The van der Waals surface area contributed by atoms with Gasteiger partial charge in [0, 0.05) is 22.7 Å². The third-order valence-corrected chi connectivity index (χ3v) is 3.64. The number of hydrogen-bond donors (Lipinski definition) is 1. The lowest BCUT2D eigenvalue weighted by Crippen LogP contribution is -2.04. The molecule has 4 rings (SSSR count). The summed E-state index contributed by atoms with van der Waals surface area (Å²) in [5.74, 6) is 0. The predicted molar refractivity (Wildman–Crippen MR) is 78.7 cm³/mol. The third-order valence-electron chi connectivity index (χ3n) is 3.64. The number of aromatic amines is 1. The number of aromatic nitrogens is 1. The van der Waals surface area contributed by atoms with Gasteiger partial charge in [0.1, 0.15) is 0 Å². The molecular formula is C17H11NO. The topological polar surface area (TPSA) is 32.9 Å². The maximum atomic E-state index is 11.9. The fourth-order valence-electron chi connectivity index (χ4n) is 2.74. The van der Waals surface area contributed by atoms with Gasteiger partial charge in [0.15, 0.2) is 5.43 Å². The van der Waals surface area contributed by atoms with Crippen molar-refractivity contribution >= 4 is 21.7 Å². The van der Waals surface area contributed by atoms with Gasteiger partial charge in [-0.25, -0.2) is 0 Å². The van der Waals surface area contributed by atoms with Gasteiger partial charge in [0.25, 0.3) is 0 Å². The Morgan fingerprint density at radius 1 is 0.789 bits per heavy atom. The van der Waals surface area contributed by atoms with E-state index >= 15 is 0 Å². The second-order valence-electron chi connectivity index (χ2n) is 4.72. The summed E-state index contributed by atoms with van der Waals surface area (Å²) in [6.45, 7) is 0. The summed E-state index contributed by atoms with van der Waals surface area (Å²) in [4.78, 5) is 15.2. The van der Waals surface area contributed by atoms with Crippen LogP contribution >= 0.6 is 0 Å². The first-order valence-electron chi connectivity index (χ1n) is 6.26. The maximum Gasteiger partial charge on any atom is 0.187 e. The van der Waals surface area contributed by atoms with Crippen LogP contribution in [-0.2, 0) is 0 Å². The predicted octanol–water partition coefficient (Wildman–Crippen LogP) is 3.79. The summed E-state index contributed by atoms with van der Waals surface area (Å²) in [5, 5.41) is 3.48. The van der Waals surface area contributed by atoms with Crippen LogP contribution in [0.4, 0.5) is 0 Å². The van der Waals surface area contributed by atoms with Gasteiger partial charge in [-0.2, -0.15) is 0 Å². The standard InChI is InChI=1S/C17H11NO/c19-16-7-3-6-13-14(16)10-18-15-9-8-11-4-1-2-5-12(11)17(13)15/h1-10,18H. The first kappa shape index (κ1) is 10.3. The number of hydrogen-bond acceptors (Lipinski definition) is 1. The van der Waals surface area contributed by atoms with E-state index in [4.69, 9.17) is 0 Å². The van der Waals surface area contributed by atoms with Crippen LogP contribution in [0.15, 0.2) is 65.6 Å². The molecule has 0 saturated heterocycles. The van der Waals surface area contributed by atoms with Crippen LogP contribution in [0.1, 0.15) is 0 Å². The molecule has 2 aromatic carbocycles. The summed E-state index contributed by atoms with van der Waals surface area (Å²) in [6, 6.07) is 17.9. The Morgan fingerprint density at radius 3 is 2.63 bits per heavy atom. The highest BCUT2D eigenvalue weighted by atomic mass is 16.1. The summed E-state index contributed by atoms with van der Waals surface area (Å²) < 4.78 is 0. The molecular weight excluding hydrogens is 234 g/mol. The van der Waals surface area contributed by atoms with Gasteiger partial charge >= 0.3 is 0 Å². The Morgan fingerprint density at radius 2 is 1.68 bits per heavy atom. The molecule has 2 aromatic rings. The highest BCUT2D eigenvalue weighted by Crippen LogP contribution is 2.32. The molecule has 0 aromatic heterocycles. The number of fused-ring (bicyclic) bond motifs is 5. The molecule has 19 heavy (non-hydrogen) atoms. The van der Waals surface area contributed by atoms with Gasteiger partial charge in [-0.15, -0.1) is 0 Å². The Hall–Kier alpha value is -2.61. The van der Waals surface area contributed by atoms with Gasteiger partial charge in [0.05, 0.1) is 0 Å². The lowest BCUT2D eigenvalue weighted by molar-refractivity contribution is 1.39. The minimum atomic E-state index is 0.0589. The van der Waals surface area contributed by atoms with Gasteiger partial charge < -0.3 is 4.98 Å². The van der Waals surface area contributed by atoms with Crippen molar-refractivity contribution in [3.05, 3.63) is 71.0 Å². The Bertz CT molecular complexity index is 936. The Kier molecular flexibility index (Phi) is 2.00. The lowest BCUT2D eigenvalue weighted by atomic mass is 9.96. The average Bonchev–Trinajstić information content (AvgIpc) is 2.47. The van der Waals surface area contributed by atoms with E-state index in [0.29, 0.717) is 0 Å². The second kappa shape index (κ2) is 3.69. The van der Waals surface area contributed by atoms with E-state index in [2.05, 4.69) is 29.2 Å². The van der Waals surface area contributed by atoms with Crippen LogP contribution in [0.25, 0.3) is 32.8 Å². The second-order valence-corrected chi connectivity index (χ2v) is 4.72. The smallest absolute Gasteiger partial charge is 0.187 e. The zero-order valence-electron chi connectivity index (χ0n) is 10.2. The molecule has 2 aliphatic rings. The highest BCUT2D eigenvalue weighted by Gasteiger charge is 2.11. The minimum Gasteiger partial charge on any atom is -0.360 e. The van der Waals surface area contributed by atoms with E-state index in [0.717, 1.165) is 22.0 Å². The van der Waals surface area contributed by atoms with E-state index in [9.17, 15) is 4.79 Å². The van der Waals surface area contributed by atoms with Gasteiger partial charge in [0.2, 0.25) is 0 Å². The van der Waals surface area contributed by atoms with Crippen LogP contribution in [0, 0.1) is 0 Å². The molecule has 2 nitrogen and oxygen atoms in total. The first-order chi connectivity index (χ1) is 9.34. The molecule has 0 fully saturated rings. The summed E-state index contributed by atoms with van der Waals surface area (Å²) >= 11 is 0. The van der Waals surface area contributed by atoms with Crippen LogP contribution < -0.4 is 5.43 Å². The largest absolute Gasteiger partial charge is 0.360 e. The van der Waals surface area contributed by atoms with Crippen molar-refractivity contribution in [3.63, 3.8) is 0 Å². The molecule has 0 amide bonds. The number of benzene rings is 3. The van der Waals surface area contributed by atoms with E-state index in [1.165, 1.54) is 10.8 Å². The SMILES string of the molecule is O=c1cccc2c3c(ccc4ccccc43)[nH]cc1-2. The molecule has 90 valence electrons. The molecule has 1 aliphatic carbocycles. The quantitative estimate of drug-likeness (QED) is 0.470. The molecule has 1 heterocycles. The van der Waals surface area contributed by atoms with Crippen molar-refractivity contribution in [1.29, 1.82) is 0 Å². The molecule has 0 atom stereocenters. The van der Waals surface area contributed by atoms with Crippen molar-refractivity contribution in [2.24, 2.45) is 0 Å². The van der Waals surface area contributed by atoms with E-state index in [-0.39, 0.29) is 5.43 Å². The fraction of sp³-hybridized carbons (Fsp3) is 0. The van der Waals surface area contributed by atoms with E-state index in [1.807, 2.05) is 24.3 Å². The normalized spacial score (nSPS) is 11.4. The molecule has 2 heteroatoms. The minimum absolute atomic E-state index is 0.0589. The number of pyridine rings is 1. The third kappa shape index (κ3) is 1.40. The number of H-pyrrole nitrogens is 1. The monoisotopic (exact) mass is 245 g/mol. The van der Waals surface area contributed by atoms with Crippen molar-refractivity contribution < 1.29 is 0 Å². The van der Waals surface area contributed by atoms with Gasteiger partial charge in [-0.3, -0.25) is 4.79 Å². The zero-order chi connectivity index (χ0) is 12.8.